The SMILES string of the molecule is Cc1cc(C(=N)N)nc(Oc2ccc(Cl)cc2Cl)n1. The number of amidine groups is 1. The molecule has 0 fully saturated rings. The summed E-state index contributed by atoms with van der Waals surface area (Å²) in [5.41, 5.74) is 6.33. The highest BCUT2D eigenvalue weighted by Crippen LogP contribution is 2.30. The van der Waals surface area contributed by atoms with Crippen molar-refractivity contribution < 1.29 is 4.74 Å². The highest BCUT2D eigenvalue weighted by Gasteiger charge is 2.09. The molecule has 2 rings (SSSR count). The van der Waals surface area contributed by atoms with Crippen LogP contribution in [0.1, 0.15) is 11.4 Å². The molecule has 0 unspecified atom stereocenters. The second-order valence-corrected chi connectivity index (χ2v) is 4.61. The van der Waals surface area contributed by atoms with E-state index in [0.717, 1.165) is 0 Å². The molecule has 2 aromatic rings. The maximum absolute atomic E-state index is 7.37. The second kappa shape index (κ2) is 5.42. The lowest BCUT2D eigenvalue weighted by molar-refractivity contribution is 0.440. The Hall–Kier alpha value is -1.85. The highest BCUT2D eigenvalue weighted by molar-refractivity contribution is 6.35. The third-order valence-electron chi connectivity index (χ3n) is 2.20. The second-order valence-electron chi connectivity index (χ2n) is 3.77. The monoisotopic (exact) mass is 296 g/mol. The molecule has 1 aromatic carbocycles. The Labute approximate surface area is 119 Å². The zero-order valence-corrected chi connectivity index (χ0v) is 11.5. The van der Waals surface area contributed by atoms with Crippen LogP contribution in [-0.2, 0) is 0 Å². The molecule has 1 heterocycles. The molecule has 0 atom stereocenters. The van der Waals surface area contributed by atoms with Crippen molar-refractivity contribution in [1.82, 2.24) is 9.97 Å². The third kappa shape index (κ3) is 3.33. The van der Waals surface area contributed by atoms with E-state index in [9.17, 15) is 0 Å². The quantitative estimate of drug-likeness (QED) is 0.673. The van der Waals surface area contributed by atoms with E-state index < -0.39 is 0 Å². The van der Waals surface area contributed by atoms with Crippen molar-refractivity contribution in [2.45, 2.75) is 6.92 Å². The highest BCUT2D eigenvalue weighted by atomic mass is 35.5. The molecule has 0 aliphatic heterocycles. The van der Waals surface area contributed by atoms with Gasteiger partial charge < -0.3 is 10.5 Å². The summed E-state index contributed by atoms with van der Waals surface area (Å²) < 4.78 is 5.47. The summed E-state index contributed by atoms with van der Waals surface area (Å²) in [6, 6.07) is 6.49. The molecule has 7 heteroatoms. The van der Waals surface area contributed by atoms with Crippen LogP contribution in [0.4, 0.5) is 0 Å². The zero-order valence-electron chi connectivity index (χ0n) is 9.95. The Morgan fingerprint density at radius 1 is 1.26 bits per heavy atom. The lowest BCUT2D eigenvalue weighted by Gasteiger charge is -2.08. The predicted molar refractivity (Wildman–Crippen MR) is 74.3 cm³/mol. The van der Waals surface area contributed by atoms with Gasteiger partial charge in [0.05, 0.1) is 5.02 Å². The van der Waals surface area contributed by atoms with Gasteiger partial charge in [0.1, 0.15) is 17.3 Å². The Bertz CT molecular complexity index is 646. The van der Waals surface area contributed by atoms with Gasteiger partial charge >= 0.3 is 6.01 Å². The van der Waals surface area contributed by atoms with Crippen LogP contribution in [0.2, 0.25) is 10.0 Å². The summed E-state index contributed by atoms with van der Waals surface area (Å²) in [7, 11) is 0. The van der Waals surface area contributed by atoms with Crippen LogP contribution < -0.4 is 10.5 Å². The maximum atomic E-state index is 7.37. The Kier molecular flexibility index (Phi) is 3.87. The van der Waals surface area contributed by atoms with Crippen molar-refractivity contribution in [3.8, 4) is 11.8 Å². The average molecular weight is 297 g/mol. The number of hydrogen-bond donors (Lipinski definition) is 2. The van der Waals surface area contributed by atoms with Crippen molar-refractivity contribution in [3.63, 3.8) is 0 Å². The van der Waals surface area contributed by atoms with Gasteiger partial charge in [-0.3, -0.25) is 5.41 Å². The van der Waals surface area contributed by atoms with Crippen molar-refractivity contribution in [2.75, 3.05) is 0 Å². The fraction of sp³-hybridized carbons (Fsp3) is 0.0833. The van der Waals surface area contributed by atoms with E-state index >= 15 is 0 Å². The van der Waals surface area contributed by atoms with Crippen LogP contribution >= 0.6 is 23.2 Å². The predicted octanol–water partition coefficient (Wildman–Crippen LogP) is 3.17. The minimum atomic E-state index is -0.155. The molecule has 0 aliphatic carbocycles. The number of hydrogen-bond acceptors (Lipinski definition) is 4. The number of ether oxygens (including phenoxy) is 1. The van der Waals surface area contributed by atoms with Crippen LogP contribution in [0.5, 0.6) is 11.8 Å². The first-order valence-electron chi connectivity index (χ1n) is 5.28. The first kappa shape index (κ1) is 13.6. The van der Waals surface area contributed by atoms with E-state index in [-0.39, 0.29) is 11.8 Å². The number of aryl methyl sites for hydroxylation is 1. The molecule has 0 aliphatic rings. The van der Waals surface area contributed by atoms with Crippen molar-refractivity contribution in [3.05, 3.63) is 45.7 Å². The summed E-state index contributed by atoms with van der Waals surface area (Å²) in [5, 5.41) is 8.22. The van der Waals surface area contributed by atoms with Gasteiger partial charge in [0, 0.05) is 10.7 Å². The number of rotatable bonds is 3. The lowest BCUT2D eigenvalue weighted by atomic mass is 10.3. The number of nitrogen functional groups attached to an aromatic ring is 1. The third-order valence-corrected chi connectivity index (χ3v) is 2.74. The summed E-state index contributed by atoms with van der Waals surface area (Å²) in [4.78, 5) is 8.12. The molecular weight excluding hydrogens is 287 g/mol. The molecule has 0 saturated carbocycles. The standard InChI is InChI=1S/C12H10Cl2N4O/c1-6-4-9(11(15)16)18-12(17-6)19-10-3-2-7(13)5-8(10)14/h2-5H,1H3,(H3,15,16). The van der Waals surface area contributed by atoms with Crippen LogP contribution in [0, 0.1) is 12.3 Å². The van der Waals surface area contributed by atoms with E-state index in [1.165, 1.54) is 0 Å². The molecular formula is C12H10Cl2N4O. The van der Waals surface area contributed by atoms with E-state index in [0.29, 0.717) is 27.2 Å². The van der Waals surface area contributed by atoms with Crippen LogP contribution in [-0.4, -0.2) is 15.8 Å². The molecule has 0 radical (unpaired) electrons. The molecule has 3 N–H and O–H groups in total. The Balaban J connectivity index is 2.35. The number of aromatic nitrogens is 2. The van der Waals surface area contributed by atoms with E-state index in [1.54, 1.807) is 31.2 Å². The fourth-order valence-electron chi connectivity index (χ4n) is 1.38. The Morgan fingerprint density at radius 3 is 2.63 bits per heavy atom. The van der Waals surface area contributed by atoms with E-state index in [1.807, 2.05) is 0 Å². The topological polar surface area (TPSA) is 84.9 Å². The van der Waals surface area contributed by atoms with Crippen LogP contribution in [0.25, 0.3) is 0 Å². The van der Waals surface area contributed by atoms with Gasteiger partial charge in [0.15, 0.2) is 0 Å². The van der Waals surface area contributed by atoms with Crippen molar-refractivity contribution in [2.24, 2.45) is 5.73 Å². The number of nitrogens with zero attached hydrogens (tertiary/aromatic N) is 2. The molecule has 1 aromatic heterocycles. The lowest BCUT2D eigenvalue weighted by Crippen LogP contribution is -2.14. The van der Waals surface area contributed by atoms with Crippen LogP contribution in [0.15, 0.2) is 24.3 Å². The minimum Gasteiger partial charge on any atom is -0.423 e. The van der Waals surface area contributed by atoms with Gasteiger partial charge in [0.2, 0.25) is 0 Å². The average Bonchev–Trinajstić information content (AvgIpc) is 2.32. The summed E-state index contributed by atoms with van der Waals surface area (Å²) >= 11 is 11.8. The molecule has 19 heavy (non-hydrogen) atoms. The largest absolute Gasteiger partial charge is 0.423 e. The number of nitrogens with two attached hydrogens (primary N) is 1. The molecule has 0 spiro atoms. The summed E-state index contributed by atoms with van der Waals surface area (Å²) in [6.45, 7) is 1.75. The van der Waals surface area contributed by atoms with Gasteiger partial charge in [-0.25, -0.2) is 4.98 Å². The Morgan fingerprint density at radius 2 is 2.00 bits per heavy atom. The van der Waals surface area contributed by atoms with Gasteiger partial charge in [-0.05, 0) is 31.2 Å². The zero-order chi connectivity index (χ0) is 14.0. The van der Waals surface area contributed by atoms with Crippen LogP contribution in [0.3, 0.4) is 0 Å². The molecule has 0 bridgehead atoms. The smallest absolute Gasteiger partial charge is 0.322 e. The van der Waals surface area contributed by atoms with Gasteiger partial charge in [0.25, 0.3) is 0 Å². The first-order valence-corrected chi connectivity index (χ1v) is 6.04. The minimum absolute atomic E-state index is 0.0782. The van der Waals surface area contributed by atoms with Gasteiger partial charge in [-0.15, -0.1) is 0 Å². The normalized spacial score (nSPS) is 10.3. The maximum Gasteiger partial charge on any atom is 0.322 e. The molecule has 5 nitrogen and oxygen atoms in total. The summed E-state index contributed by atoms with van der Waals surface area (Å²) in [5.74, 6) is 0.226. The number of halogens is 2. The molecule has 98 valence electrons. The van der Waals surface area contributed by atoms with E-state index in [2.05, 4.69) is 9.97 Å². The molecule has 0 amide bonds. The molecule has 0 saturated heterocycles. The first-order chi connectivity index (χ1) is 8.95. The van der Waals surface area contributed by atoms with Crippen molar-refractivity contribution >= 4 is 29.0 Å². The fourth-order valence-corrected chi connectivity index (χ4v) is 1.83. The van der Waals surface area contributed by atoms with Gasteiger partial charge in [-0.1, -0.05) is 23.2 Å². The van der Waals surface area contributed by atoms with E-state index in [4.69, 9.17) is 39.1 Å². The number of nitrogens with one attached hydrogen (secondary N) is 1. The summed E-state index contributed by atoms with van der Waals surface area (Å²) in [6.07, 6.45) is 0. The van der Waals surface area contributed by atoms with Crippen molar-refractivity contribution in [1.29, 1.82) is 5.41 Å². The number of benzene rings is 1. The van der Waals surface area contributed by atoms with Gasteiger partial charge in [-0.2, -0.15) is 4.98 Å².